The molecule has 5 nitrogen and oxygen atoms in total. The Hall–Kier alpha value is -1.51. The molecule has 2 aliphatic rings. The number of nitrogens with zero attached hydrogens (tertiary/aromatic N) is 1. The highest BCUT2D eigenvalue weighted by Crippen LogP contribution is 2.34. The van der Waals surface area contributed by atoms with Gasteiger partial charge in [0.15, 0.2) is 0 Å². The Morgan fingerprint density at radius 3 is 2.56 bits per heavy atom. The minimum atomic E-state index is -4.48. The minimum absolute atomic E-state index is 0.00285. The Balaban J connectivity index is 1.63. The first-order valence-corrected chi connectivity index (χ1v) is 8.55. The molecule has 1 aromatic rings. The summed E-state index contributed by atoms with van der Waals surface area (Å²) in [6.07, 6.45) is -2.89. The van der Waals surface area contributed by atoms with Crippen molar-refractivity contribution >= 4 is 23.3 Å². The van der Waals surface area contributed by atoms with Gasteiger partial charge in [-0.15, -0.1) is 0 Å². The van der Waals surface area contributed by atoms with Crippen molar-refractivity contribution in [2.75, 3.05) is 38.0 Å². The van der Waals surface area contributed by atoms with E-state index in [9.17, 15) is 18.0 Å². The number of benzene rings is 1. The third kappa shape index (κ3) is 4.19. The Labute approximate surface area is 148 Å². The lowest BCUT2D eigenvalue weighted by Crippen LogP contribution is -2.63. The van der Waals surface area contributed by atoms with Gasteiger partial charge in [0.1, 0.15) is 0 Å². The number of hydrogen-bond donors (Lipinski definition) is 3. The minimum Gasteiger partial charge on any atom is -0.324 e. The number of urea groups is 1. The van der Waals surface area contributed by atoms with Crippen LogP contribution in [0.25, 0.3) is 0 Å². The average Bonchev–Trinajstić information content (AvgIpc) is 2.57. The highest BCUT2D eigenvalue weighted by Gasteiger charge is 2.37. The van der Waals surface area contributed by atoms with Crippen LogP contribution in [-0.4, -0.2) is 49.2 Å². The Morgan fingerprint density at radius 2 is 1.96 bits per heavy atom. The van der Waals surface area contributed by atoms with E-state index in [4.69, 9.17) is 11.6 Å². The summed E-state index contributed by atoms with van der Waals surface area (Å²) in [4.78, 5) is 14.0. The molecular formula is C16H20ClF3N4O. The fourth-order valence-electron chi connectivity index (χ4n) is 3.29. The number of alkyl halides is 3. The molecule has 2 aliphatic heterocycles. The molecule has 0 unspecified atom stereocenters. The first kappa shape index (κ1) is 18.3. The largest absolute Gasteiger partial charge is 0.416 e. The Bertz CT molecular complexity index is 637. The molecule has 0 bridgehead atoms. The number of carbonyl (C=O) groups is 1. The predicted octanol–water partition coefficient (Wildman–Crippen LogP) is 2.92. The zero-order chi connectivity index (χ0) is 18.1. The van der Waals surface area contributed by atoms with Crippen molar-refractivity contribution in [1.29, 1.82) is 0 Å². The van der Waals surface area contributed by atoms with E-state index in [0.29, 0.717) is 13.1 Å². The third-order valence-electron chi connectivity index (χ3n) is 4.81. The van der Waals surface area contributed by atoms with Crippen LogP contribution >= 0.6 is 11.6 Å². The van der Waals surface area contributed by atoms with Gasteiger partial charge in [-0.05, 0) is 31.0 Å². The van der Waals surface area contributed by atoms with E-state index < -0.39 is 17.8 Å². The van der Waals surface area contributed by atoms with Crippen molar-refractivity contribution in [2.24, 2.45) is 0 Å². The van der Waals surface area contributed by atoms with Gasteiger partial charge in [0, 0.05) is 38.3 Å². The number of piperazine rings is 1. The molecule has 3 rings (SSSR count). The number of hydrogen-bond acceptors (Lipinski definition) is 3. The molecule has 2 saturated heterocycles. The van der Waals surface area contributed by atoms with Crippen LogP contribution < -0.4 is 16.0 Å². The Morgan fingerprint density at radius 1 is 1.24 bits per heavy atom. The van der Waals surface area contributed by atoms with Crippen LogP contribution in [-0.2, 0) is 6.18 Å². The number of halogens is 4. The van der Waals surface area contributed by atoms with Crippen LogP contribution in [0, 0.1) is 0 Å². The second-order valence-electron chi connectivity index (χ2n) is 6.49. The van der Waals surface area contributed by atoms with Gasteiger partial charge in [-0.2, -0.15) is 13.2 Å². The summed E-state index contributed by atoms with van der Waals surface area (Å²) < 4.78 is 38.4. The van der Waals surface area contributed by atoms with Gasteiger partial charge in [0.25, 0.3) is 0 Å². The molecule has 0 saturated carbocycles. The highest BCUT2D eigenvalue weighted by molar-refractivity contribution is 6.33. The normalized spacial score (nSPS) is 20.6. The summed E-state index contributed by atoms with van der Waals surface area (Å²) in [5.41, 5.74) is -0.871. The lowest BCUT2D eigenvalue weighted by molar-refractivity contribution is -0.137. The van der Waals surface area contributed by atoms with E-state index >= 15 is 0 Å². The topological polar surface area (TPSA) is 56.4 Å². The number of piperidine rings is 1. The van der Waals surface area contributed by atoms with Gasteiger partial charge in [-0.1, -0.05) is 11.6 Å². The van der Waals surface area contributed by atoms with Gasteiger partial charge < -0.3 is 20.9 Å². The van der Waals surface area contributed by atoms with Crippen molar-refractivity contribution in [1.82, 2.24) is 15.5 Å². The molecule has 25 heavy (non-hydrogen) atoms. The van der Waals surface area contributed by atoms with Crippen LogP contribution in [0.15, 0.2) is 18.2 Å². The summed E-state index contributed by atoms with van der Waals surface area (Å²) in [6, 6.07) is 2.46. The molecule has 0 aromatic heterocycles. The van der Waals surface area contributed by atoms with Crippen molar-refractivity contribution in [2.45, 2.75) is 24.6 Å². The SMILES string of the molecule is O=C(Nc1cc(C(F)(F)F)ccc1Cl)N1CCC2(CC1)CNCCN2. The summed E-state index contributed by atoms with van der Waals surface area (Å²) in [5, 5.41) is 9.44. The predicted molar refractivity (Wildman–Crippen MR) is 89.9 cm³/mol. The van der Waals surface area contributed by atoms with E-state index in [0.717, 1.165) is 50.7 Å². The first-order chi connectivity index (χ1) is 11.8. The first-order valence-electron chi connectivity index (χ1n) is 8.18. The maximum Gasteiger partial charge on any atom is 0.416 e. The average molecular weight is 377 g/mol. The van der Waals surface area contributed by atoms with Crippen molar-refractivity contribution in [3.05, 3.63) is 28.8 Å². The molecule has 2 amide bonds. The molecule has 1 aromatic carbocycles. The van der Waals surface area contributed by atoms with Crippen LogP contribution in [0.1, 0.15) is 18.4 Å². The molecule has 138 valence electrons. The van der Waals surface area contributed by atoms with Gasteiger partial charge in [-0.25, -0.2) is 4.79 Å². The highest BCUT2D eigenvalue weighted by atomic mass is 35.5. The van der Waals surface area contributed by atoms with Crippen LogP contribution in [0.3, 0.4) is 0 Å². The summed E-state index contributed by atoms with van der Waals surface area (Å²) in [7, 11) is 0. The molecule has 1 spiro atoms. The van der Waals surface area contributed by atoms with E-state index in [1.807, 2.05) is 0 Å². The van der Waals surface area contributed by atoms with E-state index in [1.54, 1.807) is 4.90 Å². The number of nitrogens with one attached hydrogen (secondary N) is 3. The van der Waals surface area contributed by atoms with Crippen LogP contribution in [0.4, 0.5) is 23.7 Å². The summed E-state index contributed by atoms with van der Waals surface area (Å²) >= 11 is 5.93. The van der Waals surface area contributed by atoms with Gasteiger partial charge in [0.05, 0.1) is 16.3 Å². The smallest absolute Gasteiger partial charge is 0.324 e. The van der Waals surface area contributed by atoms with E-state index in [-0.39, 0.29) is 16.2 Å². The van der Waals surface area contributed by atoms with Crippen molar-refractivity contribution in [3.8, 4) is 0 Å². The lowest BCUT2D eigenvalue weighted by Gasteiger charge is -2.45. The molecular weight excluding hydrogens is 357 g/mol. The molecule has 3 N–H and O–H groups in total. The molecule has 9 heteroatoms. The number of likely N-dealkylation sites (tertiary alicyclic amines) is 1. The zero-order valence-electron chi connectivity index (χ0n) is 13.5. The third-order valence-corrected chi connectivity index (χ3v) is 5.14. The number of carbonyl (C=O) groups excluding carboxylic acids is 1. The maximum atomic E-state index is 12.8. The van der Waals surface area contributed by atoms with Gasteiger partial charge in [0.2, 0.25) is 0 Å². The zero-order valence-corrected chi connectivity index (χ0v) is 14.3. The van der Waals surface area contributed by atoms with Crippen LogP contribution in [0.2, 0.25) is 5.02 Å². The lowest BCUT2D eigenvalue weighted by atomic mass is 9.86. The van der Waals surface area contributed by atoms with Gasteiger partial charge >= 0.3 is 12.2 Å². The fraction of sp³-hybridized carbons (Fsp3) is 0.562. The summed E-state index contributed by atoms with van der Waals surface area (Å²) in [6.45, 7) is 3.77. The number of amides is 2. The maximum absolute atomic E-state index is 12.8. The number of anilines is 1. The molecule has 2 fully saturated rings. The molecule has 0 radical (unpaired) electrons. The molecule has 0 aliphatic carbocycles. The van der Waals surface area contributed by atoms with Crippen molar-refractivity contribution < 1.29 is 18.0 Å². The van der Waals surface area contributed by atoms with Crippen LogP contribution in [0.5, 0.6) is 0 Å². The molecule has 0 atom stereocenters. The molecule has 2 heterocycles. The standard InChI is InChI=1S/C16H20ClF3N4O/c17-12-2-1-11(16(18,19)20)9-13(12)23-14(25)24-7-3-15(4-8-24)10-21-5-6-22-15/h1-2,9,21-22H,3-8,10H2,(H,23,25). The second-order valence-corrected chi connectivity index (χ2v) is 6.90. The quantitative estimate of drug-likeness (QED) is 0.706. The van der Waals surface area contributed by atoms with E-state index in [1.165, 1.54) is 0 Å². The number of rotatable bonds is 1. The van der Waals surface area contributed by atoms with Gasteiger partial charge in [-0.3, -0.25) is 0 Å². The fourth-order valence-corrected chi connectivity index (χ4v) is 3.45. The van der Waals surface area contributed by atoms with E-state index in [2.05, 4.69) is 16.0 Å². The second kappa shape index (κ2) is 7.01. The van der Waals surface area contributed by atoms with Crippen molar-refractivity contribution in [3.63, 3.8) is 0 Å². The summed E-state index contributed by atoms with van der Waals surface area (Å²) in [5.74, 6) is 0. The Kier molecular flexibility index (Phi) is 5.13. The monoisotopic (exact) mass is 376 g/mol.